The number of carbonyl (C=O) groups is 2. The Kier molecular flexibility index (Phi) is 6.28. The standard InChI is InChI=1S/C17H24N4O2S/c1-11(2)9-18-17(23)20-15(22)10-21(4)12(3)16-19-13-7-5-6-8-14(13)24-16/h5-8,11-12H,9-10H2,1-4H3,(H2,18,20,22,23)/p+1/t12-/m1/s1. The summed E-state index contributed by atoms with van der Waals surface area (Å²) < 4.78 is 1.14. The minimum absolute atomic E-state index is 0.0758. The van der Waals surface area contributed by atoms with Crippen molar-refractivity contribution in [1.29, 1.82) is 0 Å². The summed E-state index contributed by atoms with van der Waals surface area (Å²) in [5.41, 5.74) is 0.981. The zero-order valence-corrected chi connectivity index (χ0v) is 15.4. The Morgan fingerprint density at radius 2 is 1.96 bits per heavy atom. The van der Waals surface area contributed by atoms with E-state index in [1.54, 1.807) is 11.3 Å². The molecular formula is C17H25N4O2S+. The van der Waals surface area contributed by atoms with E-state index < -0.39 is 6.03 Å². The normalized spacial score (nSPS) is 13.7. The molecule has 24 heavy (non-hydrogen) atoms. The number of hydrogen-bond donors (Lipinski definition) is 3. The van der Waals surface area contributed by atoms with E-state index in [0.717, 1.165) is 20.1 Å². The third kappa shape index (κ3) is 5.01. The molecule has 6 nitrogen and oxygen atoms in total. The van der Waals surface area contributed by atoms with Crippen LogP contribution in [0.4, 0.5) is 4.79 Å². The maximum atomic E-state index is 12.0. The molecule has 1 unspecified atom stereocenters. The second-order valence-electron chi connectivity index (χ2n) is 6.42. The van der Waals surface area contributed by atoms with E-state index in [1.165, 1.54) is 0 Å². The van der Waals surface area contributed by atoms with Crippen LogP contribution in [-0.4, -0.2) is 37.1 Å². The van der Waals surface area contributed by atoms with E-state index in [2.05, 4.69) is 15.6 Å². The third-order valence-corrected chi connectivity index (χ3v) is 5.00. The van der Waals surface area contributed by atoms with Gasteiger partial charge in [0.25, 0.3) is 5.91 Å². The summed E-state index contributed by atoms with van der Waals surface area (Å²) in [6, 6.07) is 7.64. The van der Waals surface area contributed by atoms with Crippen molar-refractivity contribution < 1.29 is 14.5 Å². The number of nitrogens with one attached hydrogen (secondary N) is 3. The van der Waals surface area contributed by atoms with Gasteiger partial charge in [-0.3, -0.25) is 10.1 Å². The van der Waals surface area contributed by atoms with Crippen molar-refractivity contribution in [2.45, 2.75) is 26.8 Å². The topological polar surface area (TPSA) is 75.5 Å². The first kappa shape index (κ1) is 18.4. The van der Waals surface area contributed by atoms with Crippen LogP contribution < -0.4 is 15.5 Å². The van der Waals surface area contributed by atoms with Gasteiger partial charge in [-0.2, -0.15) is 0 Å². The number of carbonyl (C=O) groups excluding carboxylic acids is 2. The maximum absolute atomic E-state index is 12.0. The first-order valence-corrected chi connectivity index (χ1v) is 8.94. The molecule has 3 amide bonds. The van der Waals surface area contributed by atoms with Gasteiger partial charge in [-0.25, -0.2) is 9.78 Å². The van der Waals surface area contributed by atoms with Crippen LogP contribution >= 0.6 is 11.3 Å². The Bertz CT molecular complexity index is 680. The highest BCUT2D eigenvalue weighted by Crippen LogP contribution is 2.24. The smallest absolute Gasteiger partial charge is 0.321 e. The van der Waals surface area contributed by atoms with Gasteiger partial charge in [0.15, 0.2) is 11.6 Å². The lowest BCUT2D eigenvalue weighted by Crippen LogP contribution is -3.10. The number of quaternary nitrogens is 1. The van der Waals surface area contributed by atoms with Crippen molar-refractivity contribution in [2.75, 3.05) is 20.1 Å². The molecule has 0 bridgehead atoms. The second-order valence-corrected chi connectivity index (χ2v) is 7.48. The molecule has 0 saturated carbocycles. The van der Waals surface area contributed by atoms with Gasteiger partial charge >= 0.3 is 6.03 Å². The molecule has 0 radical (unpaired) electrons. The van der Waals surface area contributed by atoms with Gasteiger partial charge in [0.1, 0.15) is 6.04 Å². The van der Waals surface area contributed by atoms with Crippen molar-refractivity contribution in [1.82, 2.24) is 15.6 Å². The van der Waals surface area contributed by atoms with E-state index in [1.807, 2.05) is 52.1 Å². The Hall–Kier alpha value is -1.99. The number of thiazole rings is 1. The predicted molar refractivity (Wildman–Crippen MR) is 96.2 cm³/mol. The molecule has 0 spiro atoms. The molecule has 0 aliphatic carbocycles. The number of aromatic nitrogens is 1. The van der Waals surface area contributed by atoms with Crippen molar-refractivity contribution in [3.05, 3.63) is 29.3 Å². The molecule has 3 N–H and O–H groups in total. The fourth-order valence-electron chi connectivity index (χ4n) is 2.20. The molecule has 0 aliphatic heterocycles. The molecule has 2 atom stereocenters. The molecule has 130 valence electrons. The van der Waals surface area contributed by atoms with Crippen molar-refractivity contribution in [3.8, 4) is 0 Å². The van der Waals surface area contributed by atoms with Gasteiger partial charge in [0, 0.05) is 6.54 Å². The highest BCUT2D eigenvalue weighted by atomic mass is 32.1. The maximum Gasteiger partial charge on any atom is 0.321 e. The molecular weight excluding hydrogens is 324 g/mol. The van der Waals surface area contributed by atoms with Gasteiger partial charge in [-0.05, 0) is 25.0 Å². The van der Waals surface area contributed by atoms with Gasteiger partial charge in [0.2, 0.25) is 0 Å². The van der Waals surface area contributed by atoms with E-state index >= 15 is 0 Å². The summed E-state index contributed by atoms with van der Waals surface area (Å²) in [5, 5.41) is 6.04. The third-order valence-electron chi connectivity index (χ3n) is 3.78. The van der Waals surface area contributed by atoms with Crippen LogP contribution in [-0.2, 0) is 4.79 Å². The molecule has 0 fully saturated rings. The monoisotopic (exact) mass is 349 g/mol. The number of hydrogen-bond acceptors (Lipinski definition) is 4. The molecule has 1 aromatic carbocycles. The second kappa shape index (κ2) is 8.21. The zero-order chi connectivity index (χ0) is 17.7. The highest BCUT2D eigenvalue weighted by Gasteiger charge is 2.22. The quantitative estimate of drug-likeness (QED) is 0.737. The van der Waals surface area contributed by atoms with E-state index in [-0.39, 0.29) is 18.5 Å². The lowest BCUT2D eigenvalue weighted by molar-refractivity contribution is -0.902. The predicted octanol–water partition coefficient (Wildman–Crippen LogP) is 1.35. The number of amides is 3. The number of benzene rings is 1. The minimum atomic E-state index is -0.436. The minimum Gasteiger partial charge on any atom is -0.338 e. The SMILES string of the molecule is CC(C)CNC(=O)NC(=O)C[NH+](C)[C@H](C)c1nc2ccccc2s1. The number of nitrogens with zero attached hydrogens (tertiary/aromatic N) is 1. The fraction of sp³-hybridized carbons (Fsp3) is 0.471. The largest absolute Gasteiger partial charge is 0.338 e. The summed E-state index contributed by atoms with van der Waals surface area (Å²) >= 11 is 1.64. The average Bonchev–Trinajstić information content (AvgIpc) is 2.95. The van der Waals surface area contributed by atoms with Crippen molar-refractivity contribution >= 4 is 33.5 Å². The lowest BCUT2D eigenvalue weighted by Gasteiger charge is -2.19. The molecule has 0 saturated heterocycles. The van der Waals surface area contributed by atoms with E-state index in [9.17, 15) is 9.59 Å². The molecule has 7 heteroatoms. The van der Waals surface area contributed by atoms with Crippen LogP contribution in [0.3, 0.4) is 0 Å². The van der Waals surface area contributed by atoms with E-state index in [4.69, 9.17) is 0 Å². The van der Waals surface area contributed by atoms with Gasteiger partial charge in [-0.1, -0.05) is 26.0 Å². The Morgan fingerprint density at radius 1 is 1.25 bits per heavy atom. The number of imide groups is 1. The molecule has 1 aromatic heterocycles. The van der Waals surface area contributed by atoms with Crippen molar-refractivity contribution in [2.24, 2.45) is 5.92 Å². The Morgan fingerprint density at radius 3 is 2.62 bits per heavy atom. The first-order valence-electron chi connectivity index (χ1n) is 8.12. The summed E-state index contributed by atoms with van der Waals surface area (Å²) in [6.45, 7) is 6.80. The van der Waals surface area contributed by atoms with E-state index in [0.29, 0.717) is 12.5 Å². The van der Waals surface area contributed by atoms with Crippen LogP contribution in [0, 0.1) is 5.92 Å². The number of urea groups is 1. The number of fused-ring (bicyclic) bond motifs is 1. The fourth-order valence-corrected chi connectivity index (χ4v) is 3.32. The zero-order valence-electron chi connectivity index (χ0n) is 14.6. The Labute approximate surface area is 146 Å². The van der Waals surface area contributed by atoms with Crippen molar-refractivity contribution in [3.63, 3.8) is 0 Å². The number of para-hydroxylation sites is 1. The average molecular weight is 349 g/mol. The Balaban J connectivity index is 1.89. The molecule has 0 aliphatic rings. The molecule has 1 heterocycles. The van der Waals surface area contributed by atoms with Crippen LogP contribution in [0.15, 0.2) is 24.3 Å². The van der Waals surface area contributed by atoms with Gasteiger partial charge in [0.05, 0.1) is 17.3 Å². The molecule has 2 aromatic rings. The number of likely N-dealkylation sites (N-methyl/N-ethyl adjacent to an activating group) is 1. The highest BCUT2D eigenvalue weighted by molar-refractivity contribution is 7.18. The van der Waals surface area contributed by atoms with Crippen LogP contribution in [0.5, 0.6) is 0 Å². The van der Waals surface area contributed by atoms with Crippen LogP contribution in [0.1, 0.15) is 31.8 Å². The van der Waals surface area contributed by atoms with Crippen LogP contribution in [0.2, 0.25) is 0 Å². The van der Waals surface area contributed by atoms with Crippen LogP contribution in [0.25, 0.3) is 10.2 Å². The summed E-state index contributed by atoms with van der Waals surface area (Å²) in [4.78, 5) is 29.3. The van der Waals surface area contributed by atoms with Gasteiger partial charge < -0.3 is 10.2 Å². The summed E-state index contributed by atoms with van der Waals surface area (Å²) in [7, 11) is 1.93. The number of rotatable bonds is 6. The molecule has 2 rings (SSSR count). The van der Waals surface area contributed by atoms with Gasteiger partial charge in [-0.15, -0.1) is 11.3 Å². The summed E-state index contributed by atoms with van der Waals surface area (Å²) in [6.07, 6.45) is 0. The summed E-state index contributed by atoms with van der Waals surface area (Å²) in [5.74, 6) is 0.0555. The lowest BCUT2D eigenvalue weighted by atomic mass is 10.2. The first-order chi connectivity index (χ1) is 11.4.